The fourth-order valence-corrected chi connectivity index (χ4v) is 3.65. The average Bonchev–Trinajstić information content (AvgIpc) is 3.25. The second-order valence-corrected chi connectivity index (χ2v) is 7.50. The Labute approximate surface area is 180 Å². The van der Waals surface area contributed by atoms with Crippen molar-refractivity contribution in [2.45, 2.75) is 13.1 Å². The van der Waals surface area contributed by atoms with Crippen LogP contribution >= 0.6 is 11.6 Å². The molecule has 6 nitrogen and oxygen atoms in total. The van der Waals surface area contributed by atoms with Crippen molar-refractivity contribution in [1.29, 1.82) is 0 Å². The topological polar surface area (TPSA) is 60.6 Å². The lowest BCUT2D eigenvalue weighted by molar-refractivity contribution is 0.304. The first-order valence-electron chi connectivity index (χ1n) is 9.47. The Balaban J connectivity index is 1.83. The molecule has 7 heteroatoms. The van der Waals surface area contributed by atoms with E-state index in [0.29, 0.717) is 18.1 Å². The molecule has 0 amide bonds. The summed E-state index contributed by atoms with van der Waals surface area (Å²) in [4.78, 5) is 7.12. The molecule has 0 radical (unpaired) electrons. The molecule has 0 fully saturated rings. The summed E-state index contributed by atoms with van der Waals surface area (Å²) >= 11 is 6.22. The molecule has 0 bridgehead atoms. The molecule has 0 atom stereocenters. The van der Waals surface area contributed by atoms with Gasteiger partial charge in [0.15, 0.2) is 0 Å². The quantitative estimate of drug-likeness (QED) is 0.407. The fraction of sp³-hybridized carbons (Fsp3) is 0.217. The van der Waals surface area contributed by atoms with Crippen molar-refractivity contribution in [1.82, 2.24) is 15.0 Å². The van der Waals surface area contributed by atoms with Crippen LogP contribution in [0.2, 0.25) is 5.02 Å². The minimum Gasteiger partial charge on any atom is -0.497 e. The highest BCUT2D eigenvalue weighted by atomic mass is 35.5. The molecular formula is C23H22ClN3O3. The minimum atomic E-state index is 0.648. The van der Waals surface area contributed by atoms with Crippen molar-refractivity contribution in [2.24, 2.45) is 0 Å². The van der Waals surface area contributed by atoms with Crippen molar-refractivity contribution in [2.75, 3.05) is 21.3 Å². The lowest BCUT2D eigenvalue weighted by Crippen LogP contribution is -2.18. The molecular weight excluding hydrogens is 402 g/mol. The van der Waals surface area contributed by atoms with Crippen molar-refractivity contribution < 1.29 is 14.0 Å². The van der Waals surface area contributed by atoms with Crippen molar-refractivity contribution in [3.05, 3.63) is 71.1 Å². The standard InChI is InChI=1S/C23H22ClN3O3/c1-27(14-18-8-9-30-26-18)13-16-10-15-4-5-17(24)11-21(15)25-23(16)20-12-19(28-2)6-7-22(20)29-3/h4-12H,13-14H2,1-3H3. The molecule has 154 valence electrons. The van der Waals surface area contributed by atoms with Gasteiger partial charge in [-0.3, -0.25) is 4.90 Å². The van der Waals surface area contributed by atoms with Crippen LogP contribution in [0.1, 0.15) is 11.3 Å². The van der Waals surface area contributed by atoms with Gasteiger partial charge < -0.3 is 14.0 Å². The van der Waals surface area contributed by atoms with E-state index in [4.69, 9.17) is 30.6 Å². The van der Waals surface area contributed by atoms with Crippen LogP contribution in [0.25, 0.3) is 22.2 Å². The van der Waals surface area contributed by atoms with Crippen LogP contribution in [0.5, 0.6) is 11.5 Å². The Kier molecular flexibility index (Phi) is 5.88. The van der Waals surface area contributed by atoms with E-state index in [0.717, 1.165) is 44.9 Å². The van der Waals surface area contributed by atoms with Gasteiger partial charge in [-0.15, -0.1) is 0 Å². The molecule has 0 aliphatic rings. The van der Waals surface area contributed by atoms with Crippen LogP contribution in [-0.4, -0.2) is 36.3 Å². The number of methoxy groups -OCH3 is 2. The average molecular weight is 424 g/mol. The van der Waals surface area contributed by atoms with Gasteiger partial charge in [-0.2, -0.15) is 0 Å². The van der Waals surface area contributed by atoms with E-state index in [1.54, 1.807) is 20.5 Å². The Hall–Kier alpha value is -3.09. The molecule has 2 aromatic carbocycles. The van der Waals surface area contributed by atoms with E-state index in [-0.39, 0.29) is 0 Å². The molecule has 2 heterocycles. The molecule has 0 unspecified atom stereocenters. The predicted octanol–water partition coefficient (Wildman–Crippen LogP) is 5.19. The molecule has 4 aromatic rings. The molecule has 30 heavy (non-hydrogen) atoms. The maximum atomic E-state index is 6.22. The molecule has 4 rings (SSSR count). The van der Waals surface area contributed by atoms with Gasteiger partial charge in [-0.1, -0.05) is 22.8 Å². The largest absolute Gasteiger partial charge is 0.497 e. The van der Waals surface area contributed by atoms with Gasteiger partial charge in [-0.05, 0) is 49.0 Å². The normalized spacial score (nSPS) is 11.2. The van der Waals surface area contributed by atoms with Crippen LogP contribution < -0.4 is 9.47 Å². The number of nitrogens with zero attached hydrogens (tertiary/aromatic N) is 3. The molecule has 0 aliphatic carbocycles. The van der Waals surface area contributed by atoms with E-state index in [9.17, 15) is 0 Å². The lowest BCUT2D eigenvalue weighted by Gasteiger charge is -2.19. The Morgan fingerprint density at radius 2 is 1.87 bits per heavy atom. The van der Waals surface area contributed by atoms with E-state index in [1.807, 2.05) is 49.5 Å². The summed E-state index contributed by atoms with van der Waals surface area (Å²) in [7, 11) is 5.33. The number of halogens is 1. The van der Waals surface area contributed by atoms with Gasteiger partial charge in [0.2, 0.25) is 0 Å². The zero-order valence-electron chi connectivity index (χ0n) is 17.1. The van der Waals surface area contributed by atoms with Crippen molar-refractivity contribution in [3.8, 4) is 22.8 Å². The SMILES string of the molecule is COc1ccc(OC)c(-c2nc3cc(Cl)ccc3cc2CN(C)Cc2ccon2)c1. The van der Waals surface area contributed by atoms with Gasteiger partial charge >= 0.3 is 0 Å². The molecule has 0 saturated carbocycles. The third-order valence-corrected chi connectivity index (χ3v) is 5.12. The minimum absolute atomic E-state index is 0.648. The summed E-state index contributed by atoms with van der Waals surface area (Å²) in [6.45, 7) is 1.32. The first-order chi connectivity index (χ1) is 14.6. The smallest absolute Gasteiger partial charge is 0.128 e. The highest BCUT2D eigenvalue weighted by Gasteiger charge is 2.17. The van der Waals surface area contributed by atoms with Crippen molar-refractivity contribution >= 4 is 22.5 Å². The lowest BCUT2D eigenvalue weighted by atomic mass is 10.0. The monoisotopic (exact) mass is 423 g/mol. The van der Waals surface area contributed by atoms with Gasteiger partial charge in [0.1, 0.15) is 17.8 Å². The number of rotatable bonds is 7. The van der Waals surface area contributed by atoms with Crippen LogP contribution in [-0.2, 0) is 13.1 Å². The molecule has 0 saturated heterocycles. The molecule has 2 aromatic heterocycles. The second-order valence-electron chi connectivity index (χ2n) is 7.06. The van der Waals surface area contributed by atoms with Crippen LogP contribution in [0.4, 0.5) is 0 Å². The van der Waals surface area contributed by atoms with Crippen LogP contribution in [0.15, 0.2) is 59.3 Å². The van der Waals surface area contributed by atoms with Gasteiger partial charge in [0.05, 0.1) is 31.1 Å². The summed E-state index contributed by atoms with van der Waals surface area (Å²) in [5.41, 5.74) is 4.45. The van der Waals surface area contributed by atoms with Gasteiger partial charge in [-0.25, -0.2) is 4.98 Å². The first kappa shape index (κ1) is 20.2. The van der Waals surface area contributed by atoms with Crippen molar-refractivity contribution in [3.63, 3.8) is 0 Å². The number of pyridine rings is 1. The summed E-state index contributed by atoms with van der Waals surface area (Å²) in [6, 6.07) is 15.4. The van der Waals surface area contributed by atoms with Gasteiger partial charge in [0.25, 0.3) is 0 Å². The predicted molar refractivity (Wildman–Crippen MR) is 117 cm³/mol. The third kappa shape index (κ3) is 4.25. The number of aromatic nitrogens is 2. The van der Waals surface area contributed by atoms with E-state index in [1.165, 1.54) is 0 Å². The number of ether oxygens (including phenoxy) is 2. The van der Waals surface area contributed by atoms with E-state index in [2.05, 4.69) is 16.1 Å². The highest BCUT2D eigenvalue weighted by molar-refractivity contribution is 6.31. The summed E-state index contributed by atoms with van der Waals surface area (Å²) < 4.78 is 16.0. The van der Waals surface area contributed by atoms with Gasteiger partial charge in [0, 0.05) is 35.1 Å². The number of hydrogen-bond donors (Lipinski definition) is 0. The third-order valence-electron chi connectivity index (χ3n) is 4.88. The first-order valence-corrected chi connectivity index (χ1v) is 9.84. The Morgan fingerprint density at radius 1 is 1.00 bits per heavy atom. The summed E-state index contributed by atoms with van der Waals surface area (Å²) in [5, 5.41) is 5.68. The zero-order valence-corrected chi connectivity index (χ0v) is 17.8. The Bertz CT molecular complexity index is 1160. The number of benzene rings is 2. The molecule has 0 aliphatic heterocycles. The maximum Gasteiger partial charge on any atom is 0.128 e. The molecule has 0 spiro atoms. The zero-order chi connectivity index (χ0) is 21.1. The van der Waals surface area contributed by atoms with Crippen LogP contribution in [0.3, 0.4) is 0 Å². The maximum absolute atomic E-state index is 6.22. The van der Waals surface area contributed by atoms with E-state index < -0.39 is 0 Å². The number of hydrogen-bond acceptors (Lipinski definition) is 6. The summed E-state index contributed by atoms with van der Waals surface area (Å²) in [5.74, 6) is 1.46. The van der Waals surface area contributed by atoms with E-state index >= 15 is 0 Å². The fourth-order valence-electron chi connectivity index (χ4n) is 3.48. The Morgan fingerprint density at radius 3 is 2.60 bits per heavy atom. The number of fused-ring (bicyclic) bond motifs is 1. The van der Waals surface area contributed by atoms with Crippen LogP contribution in [0, 0.1) is 0 Å². The highest BCUT2D eigenvalue weighted by Crippen LogP contribution is 2.36. The molecule has 0 N–H and O–H groups in total. The summed E-state index contributed by atoms with van der Waals surface area (Å²) in [6.07, 6.45) is 1.58. The second kappa shape index (κ2) is 8.73.